The molecule has 0 amide bonds. The third-order valence-electron chi connectivity index (χ3n) is 5.89. The van der Waals surface area contributed by atoms with Crippen LogP contribution >= 0.6 is 0 Å². The molecule has 34 heavy (non-hydrogen) atoms. The van der Waals surface area contributed by atoms with Gasteiger partial charge in [0.1, 0.15) is 6.07 Å². The highest BCUT2D eigenvalue weighted by Gasteiger charge is 2.18. The molecule has 9 heteroatoms. The molecule has 3 aromatic heterocycles. The summed E-state index contributed by atoms with van der Waals surface area (Å²) in [5, 5.41) is 22.1. The molecule has 166 valence electrons. The van der Waals surface area contributed by atoms with Gasteiger partial charge in [-0.3, -0.25) is 19.1 Å². The van der Waals surface area contributed by atoms with E-state index in [9.17, 15) is 19.6 Å². The fraction of sp³-hybridized carbons (Fsp3) is 0.0800. The number of nitrogens with zero attached hydrogens (tertiary/aromatic N) is 4. The quantitative estimate of drug-likeness (QED) is 0.431. The van der Waals surface area contributed by atoms with Crippen LogP contribution in [0.1, 0.15) is 32.7 Å². The minimum absolute atomic E-state index is 0.100. The molecule has 0 saturated carbocycles. The van der Waals surface area contributed by atoms with Crippen molar-refractivity contribution in [1.82, 2.24) is 19.2 Å². The van der Waals surface area contributed by atoms with Crippen molar-refractivity contribution in [2.45, 2.75) is 13.8 Å². The standard InChI is InChI=1S/C25H17N5O4/c1-13-17(23(31)29-21-6-4-3-5-20(21)27-22(29)19(13)12-26)11-18-14(2)28-30(24(18)32)16-9-7-15(8-10-16)25(33)34/h3-11,28H,1-2H3,(H,33,34)/b17-11+. The van der Waals surface area contributed by atoms with Crippen molar-refractivity contribution < 1.29 is 9.90 Å². The molecular formula is C25H17N5O4. The number of aromatic amines is 1. The second-order valence-electron chi connectivity index (χ2n) is 7.88. The van der Waals surface area contributed by atoms with Crippen molar-refractivity contribution in [2.75, 3.05) is 0 Å². The first-order chi connectivity index (χ1) is 16.3. The van der Waals surface area contributed by atoms with Gasteiger partial charge in [0, 0.05) is 10.9 Å². The van der Waals surface area contributed by atoms with Crippen LogP contribution in [0, 0.1) is 25.2 Å². The van der Waals surface area contributed by atoms with E-state index in [0.717, 1.165) is 0 Å². The lowest BCUT2D eigenvalue weighted by molar-refractivity contribution is 0.0697. The predicted octanol–water partition coefficient (Wildman–Crippen LogP) is 2.06. The summed E-state index contributed by atoms with van der Waals surface area (Å²) in [4.78, 5) is 42.3. The lowest BCUT2D eigenvalue weighted by atomic mass is 10.1. The number of nitrogens with one attached hydrogen (secondary N) is 1. The van der Waals surface area contributed by atoms with Gasteiger partial charge in [-0.15, -0.1) is 0 Å². The van der Waals surface area contributed by atoms with Crippen molar-refractivity contribution in [1.29, 1.82) is 5.26 Å². The zero-order valence-electron chi connectivity index (χ0n) is 18.2. The number of aromatic carboxylic acids is 1. The van der Waals surface area contributed by atoms with Gasteiger partial charge in [0.25, 0.3) is 11.1 Å². The van der Waals surface area contributed by atoms with E-state index < -0.39 is 11.5 Å². The number of benzene rings is 2. The summed E-state index contributed by atoms with van der Waals surface area (Å²) in [5.41, 5.74) is 2.70. The van der Waals surface area contributed by atoms with Gasteiger partial charge in [-0.1, -0.05) is 12.1 Å². The first kappa shape index (κ1) is 20.9. The molecule has 0 atom stereocenters. The summed E-state index contributed by atoms with van der Waals surface area (Å²) in [6.45, 7) is 3.36. The Kier molecular flexibility index (Phi) is 4.65. The average molecular weight is 451 g/mol. The molecule has 2 aromatic carbocycles. The van der Waals surface area contributed by atoms with Crippen LogP contribution in [-0.2, 0) is 0 Å². The molecule has 0 fully saturated rings. The van der Waals surface area contributed by atoms with Crippen LogP contribution in [0.5, 0.6) is 0 Å². The summed E-state index contributed by atoms with van der Waals surface area (Å²) < 4.78 is 2.68. The number of carboxylic acids is 1. The van der Waals surface area contributed by atoms with Crippen molar-refractivity contribution in [2.24, 2.45) is 0 Å². The number of para-hydroxylation sites is 2. The molecule has 0 saturated heterocycles. The molecule has 0 aliphatic rings. The van der Waals surface area contributed by atoms with Gasteiger partial charge in [0.2, 0.25) is 0 Å². The van der Waals surface area contributed by atoms with Crippen LogP contribution in [-0.4, -0.2) is 30.2 Å². The number of nitriles is 1. The van der Waals surface area contributed by atoms with Crippen molar-refractivity contribution in [3.05, 3.63) is 102 Å². The number of hydrogen-bond donors (Lipinski definition) is 2. The normalized spacial score (nSPS) is 11.9. The van der Waals surface area contributed by atoms with Crippen molar-refractivity contribution >= 4 is 28.7 Å². The molecule has 0 spiro atoms. The van der Waals surface area contributed by atoms with Crippen LogP contribution in [0.3, 0.4) is 0 Å². The smallest absolute Gasteiger partial charge is 0.335 e. The van der Waals surface area contributed by atoms with Gasteiger partial charge in [0.15, 0.2) is 5.65 Å². The summed E-state index contributed by atoms with van der Waals surface area (Å²) in [6, 6.07) is 15.1. The lowest BCUT2D eigenvalue weighted by Crippen LogP contribution is -2.34. The maximum atomic E-state index is 13.5. The van der Waals surface area contributed by atoms with Crippen LogP contribution in [0.25, 0.3) is 28.4 Å². The second kappa shape index (κ2) is 7.56. The van der Waals surface area contributed by atoms with Crippen LogP contribution in [0.2, 0.25) is 0 Å². The van der Waals surface area contributed by atoms with Crippen molar-refractivity contribution in [3.8, 4) is 11.8 Å². The molecule has 0 unspecified atom stereocenters. The van der Waals surface area contributed by atoms with Gasteiger partial charge in [-0.2, -0.15) is 5.26 Å². The number of hydrogen-bond acceptors (Lipinski definition) is 5. The molecule has 0 bridgehead atoms. The topological polar surface area (TPSA) is 133 Å². The highest BCUT2D eigenvalue weighted by Crippen LogP contribution is 2.18. The minimum Gasteiger partial charge on any atom is -0.478 e. The highest BCUT2D eigenvalue weighted by atomic mass is 16.4. The number of pyridine rings is 1. The molecule has 0 aliphatic heterocycles. The number of carbonyl (C=O) groups is 1. The van der Waals surface area contributed by atoms with E-state index in [4.69, 9.17) is 5.11 Å². The monoisotopic (exact) mass is 451 g/mol. The van der Waals surface area contributed by atoms with Gasteiger partial charge in [0.05, 0.1) is 33.4 Å². The maximum absolute atomic E-state index is 13.5. The number of rotatable bonds is 3. The average Bonchev–Trinajstić information content (AvgIpc) is 3.34. The van der Waals surface area contributed by atoms with E-state index in [-0.39, 0.29) is 33.1 Å². The molecule has 5 aromatic rings. The molecule has 0 radical (unpaired) electrons. The van der Waals surface area contributed by atoms with Gasteiger partial charge in [-0.05, 0) is 61.9 Å². The highest BCUT2D eigenvalue weighted by molar-refractivity contribution is 5.87. The number of aromatic nitrogens is 4. The van der Waals surface area contributed by atoms with Crippen LogP contribution < -0.4 is 16.3 Å². The number of imidazole rings is 1. The lowest BCUT2D eigenvalue weighted by Gasteiger charge is -2.02. The third kappa shape index (κ3) is 3.01. The van der Waals surface area contributed by atoms with Crippen molar-refractivity contribution in [3.63, 3.8) is 0 Å². The van der Waals surface area contributed by atoms with E-state index >= 15 is 0 Å². The van der Waals surface area contributed by atoms with Gasteiger partial charge < -0.3 is 5.11 Å². The SMILES string of the molecule is Cc1[nH]n(-c2ccc(C(=O)O)cc2)c(=O)c1/C=c1\c(C)c(C#N)c2nc3ccccc3n2c1=O. The van der Waals surface area contributed by atoms with Crippen LogP contribution in [0.4, 0.5) is 0 Å². The third-order valence-corrected chi connectivity index (χ3v) is 5.89. The number of fused-ring (bicyclic) bond motifs is 3. The van der Waals surface area contributed by atoms with E-state index in [1.807, 2.05) is 0 Å². The summed E-state index contributed by atoms with van der Waals surface area (Å²) in [7, 11) is 0. The first-order valence-electron chi connectivity index (χ1n) is 10.3. The number of aryl methyl sites for hydroxylation is 1. The molecule has 5 rings (SSSR count). The Bertz CT molecular complexity index is 1850. The Morgan fingerprint density at radius 1 is 1.09 bits per heavy atom. The largest absolute Gasteiger partial charge is 0.478 e. The summed E-state index contributed by atoms with van der Waals surface area (Å²) >= 11 is 0. The molecule has 3 heterocycles. The Morgan fingerprint density at radius 2 is 1.79 bits per heavy atom. The van der Waals surface area contributed by atoms with Gasteiger partial charge in [-0.25, -0.2) is 14.5 Å². The Balaban J connectivity index is 1.79. The first-order valence-corrected chi connectivity index (χ1v) is 10.3. The summed E-state index contributed by atoms with van der Waals surface area (Å²) in [5.74, 6) is -1.07. The Hall–Kier alpha value is -4.97. The fourth-order valence-electron chi connectivity index (χ4n) is 4.10. The minimum atomic E-state index is -1.07. The Morgan fingerprint density at radius 3 is 2.47 bits per heavy atom. The van der Waals surface area contributed by atoms with E-state index in [2.05, 4.69) is 16.2 Å². The number of H-pyrrole nitrogens is 1. The van der Waals surface area contributed by atoms with E-state index in [0.29, 0.717) is 28.0 Å². The zero-order chi connectivity index (χ0) is 24.1. The van der Waals surface area contributed by atoms with E-state index in [1.54, 1.807) is 38.1 Å². The van der Waals surface area contributed by atoms with Gasteiger partial charge >= 0.3 is 5.97 Å². The molecule has 0 aliphatic carbocycles. The maximum Gasteiger partial charge on any atom is 0.335 e. The predicted molar refractivity (Wildman–Crippen MR) is 125 cm³/mol. The summed E-state index contributed by atoms with van der Waals surface area (Å²) in [6.07, 6.45) is 1.49. The fourth-order valence-corrected chi connectivity index (χ4v) is 4.10. The molecular weight excluding hydrogens is 434 g/mol. The zero-order valence-corrected chi connectivity index (χ0v) is 18.2. The molecule has 2 N–H and O–H groups in total. The molecule has 9 nitrogen and oxygen atoms in total. The Labute approximate surface area is 191 Å². The number of carboxylic acid groups (broad SMARTS) is 1. The van der Waals surface area contributed by atoms with E-state index in [1.165, 1.54) is 39.4 Å². The second-order valence-corrected chi connectivity index (χ2v) is 7.88. The van der Waals surface area contributed by atoms with Crippen LogP contribution in [0.15, 0.2) is 58.1 Å².